The minimum atomic E-state index is -3.44. The highest BCUT2D eigenvalue weighted by atomic mass is 32.2. The van der Waals surface area contributed by atoms with Crippen LogP contribution in [-0.4, -0.2) is 42.2 Å². The largest absolute Gasteiger partial charge is 0.371 e. The Morgan fingerprint density at radius 2 is 2.27 bits per heavy atom. The smallest absolute Gasteiger partial charge is 0.252 e. The molecule has 1 unspecified atom stereocenters. The molecule has 0 aromatic carbocycles. The van der Waals surface area contributed by atoms with E-state index in [1.54, 1.807) is 12.3 Å². The molecule has 2 aromatic rings. The molecule has 0 saturated carbocycles. The van der Waals surface area contributed by atoms with Gasteiger partial charge in [-0.2, -0.15) is 9.40 Å². The second kappa shape index (κ2) is 6.11. The fourth-order valence-electron chi connectivity index (χ4n) is 2.44. The highest BCUT2D eigenvalue weighted by Gasteiger charge is 2.32. The van der Waals surface area contributed by atoms with Gasteiger partial charge < -0.3 is 4.74 Å². The van der Waals surface area contributed by atoms with Crippen LogP contribution in [0.1, 0.15) is 23.5 Å². The van der Waals surface area contributed by atoms with Crippen molar-refractivity contribution >= 4 is 21.4 Å². The quantitative estimate of drug-likeness (QED) is 0.854. The first kappa shape index (κ1) is 15.7. The van der Waals surface area contributed by atoms with E-state index < -0.39 is 10.0 Å². The van der Waals surface area contributed by atoms with Crippen LogP contribution in [0.3, 0.4) is 0 Å². The number of nitrogens with zero attached hydrogens (tertiary/aromatic N) is 3. The Morgan fingerprint density at radius 1 is 1.45 bits per heavy atom. The summed E-state index contributed by atoms with van der Waals surface area (Å²) in [5.41, 5.74) is 0.920. The molecule has 3 heterocycles. The van der Waals surface area contributed by atoms with Crippen LogP contribution in [0.4, 0.5) is 0 Å². The first-order chi connectivity index (χ1) is 10.5. The highest BCUT2D eigenvalue weighted by Crippen LogP contribution is 2.29. The van der Waals surface area contributed by atoms with Gasteiger partial charge in [0, 0.05) is 36.3 Å². The molecule has 22 heavy (non-hydrogen) atoms. The van der Waals surface area contributed by atoms with Crippen LogP contribution in [0, 0.1) is 6.92 Å². The summed E-state index contributed by atoms with van der Waals surface area (Å²) < 4.78 is 34.9. The molecule has 3 rings (SSSR count). The third kappa shape index (κ3) is 2.96. The molecule has 120 valence electrons. The van der Waals surface area contributed by atoms with Gasteiger partial charge in [0.05, 0.1) is 18.9 Å². The van der Waals surface area contributed by atoms with Crippen LogP contribution in [0.5, 0.6) is 0 Å². The van der Waals surface area contributed by atoms with Crippen LogP contribution in [-0.2, 0) is 21.3 Å². The summed E-state index contributed by atoms with van der Waals surface area (Å²) in [7, 11) is -3.44. The number of aromatic nitrogens is 2. The summed E-state index contributed by atoms with van der Waals surface area (Å²) in [6.45, 7) is 5.81. The topological polar surface area (TPSA) is 64.4 Å². The maximum atomic E-state index is 12.7. The van der Waals surface area contributed by atoms with Gasteiger partial charge >= 0.3 is 0 Å². The zero-order valence-electron chi connectivity index (χ0n) is 12.6. The number of rotatable bonds is 4. The van der Waals surface area contributed by atoms with Crippen molar-refractivity contribution in [3.8, 4) is 0 Å². The molecule has 2 aromatic heterocycles. The van der Waals surface area contributed by atoms with E-state index in [-0.39, 0.29) is 6.10 Å². The number of thiophene rings is 1. The molecule has 1 atom stereocenters. The minimum Gasteiger partial charge on any atom is -0.371 e. The summed E-state index contributed by atoms with van der Waals surface area (Å²) >= 11 is 1.31. The average molecular weight is 341 g/mol. The van der Waals surface area contributed by atoms with Gasteiger partial charge in [0.2, 0.25) is 0 Å². The Bertz CT molecular complexity index is 751. The lowest BCUT2D eigenvalue weighted by molar-refractivity contribution is -0.00254. The van der Waals surface area contributed by atoms with Crippen molar-refractivity contribution in [1.82, 2.24) is 14.1 Å². The molecule has 0 bridgehead atoms. The maximum Gasteiger partial charge on any atom is 0.252 e. The molecule has 1 fully saturated rings. The zero-order chi connectivity index (χ0) is 15.7. The fraction of sp³-hybridized carbons (Fsp3) is 0.500. The summed E-state index contributed by atoms with van der Waals surface area (Å²) in [5, 5.41) is 4.23. The second-order valence-electron chi connectivity index (χ2n) is 5.22. The van der Waals surface area contributed by atoms with Crippen LogP contribution >= 0.6 is 11.3 Å². The van der Waals surface area contributed by atoms with Gasteiger partial charge in [0.25, 0.3) is 10.0 Å². The zero-order valence-corrected chi connectivity index (χ0v) is 14.2. The van der Waals surface area contributed by atoms with Crippen molar-refractivity contribution in [3.05, 3.63) is 35.0 Å². The lowest BCUT2D eigenvalue weighted by Crippen LogP contribution is -2.41. The molecule has 6 nitrogen and oxygen atoms in total. The van der Waals surface area contributed by atoms with Crippen molar-refractivity contribution in [2.75, 3.05) is 19.7 Å². The maximum absolute atomic E-state index is 12.7. The molecule has 8 heteroatoms. The van der Waals surface area contributed by atoms with Gasteiger partial charge in [-0.05, 0) is 26.0 Å². The molecule has 0 radical (unpaired) electrons. The molecule has 0 amide bonds. The van der Waals surface area contributed by atoms with E-state index in [9.17, 15) is 8.42 Å². The van der Waals surface area contributed by atoms with Gasteiger partial charge in [0.1, 0.15) is 4.21 Å². The number of aryl methyl sites for hydroxylation is 2. The average Bonchev–Trinajstić information content (AvgIpc) is 3.16. The van der Waals surface area contributed by atoms with Gasteiger partial charge in [0.15, 0.2) is 0 Å². The van der Waals surface area contributed by atoms with E-state index in [0.29, 0.717) is 23.9 Å². The molecule has 0 aliphatic carbocycles. The standard InChI is InChI=1S/C14H19N3O3S2/c1-3-16-9-12(8-15-16)13-10-17(6-7-20-13)22(18,19)14-5-4-11(2)21-14/h4-5,8-9,13H,3,6-7,10H2,1-2H3. The molecule has 0 N–H and O–H groups in total. The van der Waals surface area contributed by atoms with E-state index in [4.69, 9.17) is 4.74 Å². The first-order valence-electron chi connectivity index (χ1n) is 7.21. The Balaban J connectivity index is 1.80. The fourth-order valence-corrected chi connectivity index (χ4v) is 5.30. The van der Waals surface area contributed by atoms with Gasteiger partial charge in [-0.15, -0.1) is 11.3 Å². The number of hydrogen-bond acceptors (Lipinski definition) is 5. The van der Waals surface area contributed by atoms with Gasteiger partial charge in [-0.3, -0.25) is 4.68 Å². The summed E-state index contributed by atoms with van der Waals surface area (Å²) in [6, 6.07) is 3.51. The van der Waals surface area contributed by atoms with Crippen molar-refractivity contribution in [2.24, 2.45) is 0 Å². The lowest BCUT2D eigenvalue weighted by Gasteiger charge is -2.31. The van der Waals surface area contributed by atoms with E-state index in [2.05, 4.69) is 5.10 Å². The predicted molar refractivity (Wildman–Crippen MR) is 84.4 cm³/mol. The number of hydrogen-bond donors (Lipinski definition) is 0. The SMILES string of the molecule is CCn1cc(C2CN(S(=O)(=O)c3ccc(C)s3)CCO2)cn1. The monoisotopic (exact) mass is 341 g/mol. The van der Waals surface area contributed by atoms with Crippen LogP contribution in [0.25, 0.3) is 0 Å². The predicted octanol–water partition coefficient (Wildman–Crippen LogP) is 2.04. The summed E-state index contributed by atoms with van der Waals surface area (Å²) in [4.78, 5) is 0.993. The highest BCUT2D eigenvalue weighted by molar-refractivity contribution is 7.91. The van der Waals surface area contributed by atoms with E-state index >= 15 is 0 Å². The Hall–Kier alpha value is -1.22. The molecule has 1 saturated heterocycles. The number of sulfonamides is 1. The minimum absolute atomic E-state index is 0.259. The Morgan fingerprint density at radius 3 is 2.91 bits per heavy atom. The normalized spacial score (nSPS) is 20.4. The molecular formula is C14H19N3O3S2. The van der Waals surface area contributed by atoms with Crippen molar-refractivity contribution < 1.29 is 13.2 Å². The summed E-state index contributed by atoms with van der Waals surface area (Å²) in [6.07, 6.45) is 3.40. The summed E-state index contributed by atoms with van der Waals surface area (Å²) in [5.74, 6) is 0. The van der Waals surface area contributed by atoms with Crippen LogP contribution in [0.2, 0.25) is 0 Å². The number of morpholine rings is 1. The first-order valence-corrected chi connectivity index (χ1v) is 9.47. The van der Waals surface area contributed by atoms with Crippen molar-refractivity contribution in [3.63, 3.8) is 0 Å². The van der Waals surface area contributed by atoms with E-state index in [0.717, 1.165) is 17.0 Å². The lowest BCUT2D eigenvalue weighted by atomic mass is 10.2. The molecule has 1 aliphatic heterocycles. The molecule has 1 aliphatic rings. The Kier molecular flexibility index (Phi) is 4.35. The number of ether oxygens (including phenoxy) is 1. The molecular weight excluding hydrogens is 322 g/mol. The van der Waals surface area contributed by atoms with Crippen LogP contribution in [0.15, 0.2) is 28.7 Å². The second-order valence-corrected chi connectivity index (χ2v) is 8.67. The Labute approximate surface area is 134 Å². The third-order valence-electron chi connectivity index (χ3n) is 3.69. The van der Waals surface area contributed by atoms with Gasteiger partial charge in [-0.1, -0.05) is 0 Å². The van der Waals surface area contributed by atoms with Crippen molar-refractivity contribution in [2.45, 2.75) is 30.7 Å². The van der Waals surface area contributed by atoms with Crippen LogP contribution < -0.4 is 0 Å². The molecule has 0 spiro atoms. The third-order valence-corrected chi connectivity index (χ3v) is 7.02. The van der Waals surface area contributed by atoms with Crippen molar-refractivity contribution in [1.29, 1.82) is 0 Å². The van der Waals surface area contributed by atoms with Gasteiger partial charge in [-0.25, -0.2) is 8.42 Å². The van der Waals surface area contributed by atoms with E-state index in [1.165, 1.54) is 15.6 Å². The van der Waals surface area contributed by atoms with E-state index in [1.807, 2.05) is 30.8 Å².